The van der Waals surface area contributed by atoms with Crippen LogP contribution in [-0.4, -0.2) is 36.9 Å². The van der Waals surface area contributed by atoms with Gasteiger partial charge in [-0.3, -0.25) is 4.90 Å². The van der Waals surface area contributed by atoms with E-state index in [2.05, 4.69) is 50.9 Å². The van der Waals surface area contributed by atoms with Gasteiger partial charge in [0, 0.05) is 19.6 Å². The van der Waals surface area contributed by atoms with E-state index in [1.807, 2.05) is 13.0 Å². The predicted molar refractivity (Wildman–Crippen MR) is 99.0 cm³/mol. The fourth-order valence-corrected chi connectivity index (χ4v) is 3.87. The lowest BCUT2D eigenvalue weighted by molar-refractivity contribution is 0.00353. The Morgan fingerprint density at radius 1 is 1.12 bits per heavy atom. The van der Waals surface area contributed by atoms with Gasteiger partial charge in [0.2, 0.25) is 0 Å². The summed E-state index contributed by atoms with van der Waals surface area (Å²) in [5.41, 5.74) is 0.710. The van der Waals surface area contributed by atoms with E-state index >= 15 is 0 Å². The van der Waals surface area contributed by atoms with Gasteiger partial charge >= 0.3 is 0 Å². The summed E-state index contributed by atoms with van der Waals surface area (Å²) >= 11 is 0. The number of rotatable bonds is 8. The second-order valence-electron chi connectivity index (χ2n) is 7.38. The molecule has 0 aliphatic heterocycles. The number of benzene rings is 1. The summed E-state index contributed by atoms with van der Waals surface area (Å²) in [5, 5.41) is 19.6. The number of hydrogen-bond donors (Lipinski definition) is 1. The highest BCUT2D eigenvalue weighted by atomic mass is 16.3. The molecule has 5 nitrogen and oxygen atoms in total. The van der Waals surface area contributed by atoms with Crippen molar-refractivity contribution in [2.75, 3.05) is 6.54 Å². The molecule has 0 unspecified atom stereocenters. The van der Waals surface area contributed by atoms with Gasteiger partial charge in [-0.15, -0.1) is 10.2 Å². The molecule has 1 aromatic heterocycles. The van der Waals surface area contributed by atoms with Crippen molar-refractivity contribution in [3.8, 4) is 0 Å². The van der Waals surface area contributed by atoms with Crippen molar-refractivity contribution in [2.45, 2.75) is 71.2 Å². The van der Waals surface area contributed by atoms with Gasteiger partial charge < -0.3 is 9.67 Å². The van der Waals surface area contributed by atoms with Gasteiger partial charge in [0.15, 0.2) is 0 Å². The molecule has 1 aliphatic carbocycles. The number of aryl methyl sites for hydroxylation is 1. The highest BCUT2D eigenvalue weighted by Gasteiger charge is 2.33. The molecule has 0 amide bonds. The summed E-state index contributed by atoms with van der Waals surface area (Å²) in [5.74, 6) is 1.97. The molecular weight excluding hydrogens is 312 g/mol. The van der Waals surface area contributed by atoms with Crippen LogP contribution in [0.15, 0.2) is 30.3 Å². The van der Waals surface area contributed by atoms with Crippen LogP contribution in [0, 0.1) is 6.92 Å². The van der Waals surface area contributed by atoms with Gasteiger partial charge in [0.05, 0.1) is 12.1 Å². The molecule has 1 heterocycles. The number of aliphatic hydroxyl groups is 1. The second-order valence-corrected chi connectivity index (χ2v) is 7.38. The molecule has 0 spiro atoms. The first-order valence-corrected chi connectivity index (χ1v) is 9.47. The lowest BCUT2D eigenvalue weighted by Gasteiger charge is -2.31. The summed E-state index contributed by atoms with van der Waals surface area (Å²) < 4.78 is 2.21. The van der Waals surface area contributed by atoms with Crippen LogP contribution in [0.25, 0.3) is 0 Å². The Kier molecular flexibility index (Phi) is 5.86. The molecule has 1 saturated carbocycles. The van der Waals surface area contributed by atoms with Crippen LogP contribution in [0.5, 0.6) is 0 Å². The Balaban J connectivity index is 1.78. The quantitative estimate of drug-likeness (QED) is 0.800. The smallest absolute Gasteiger partial charge is 0.147 e. The van der Waals surface area contributed by atoms with Gasteiger partial charge in [-0.25, -0.2) is 0 Å². The summed E-state index contributed by atoms with van der Waals surface area (Å²) in [4.78, 5) is 2.33. The Hall–Kier alpha value is -1.72. The molecule has 0 radical (unpaired) electrons. The second kappa shape index (κ2) is 8.11. The van der Waals surface area contributed by atoms with E-state index in [1.54, 1.807) is 0 Å². The molecule has 0 bridgehead atoms. The first kappa shape index (κ1) is 18.1. The molecule has 0 saturated heterocycles. The summed E-state index contributed by atoms with van der Waals surface area (Å²) in [6.07, 6.45) is 5.12. The Labute approximate surface area is 150 Å². The van der Waals surface area contributed by atoms with E-state index in [1.165, 1.54) is 5.56 Å². The lowest BCUT2D eigenvalue weighted by Crippen LogP contribution is -2.41. The molecule has 2 aromatic rings. The third kappa shape index (κ3) is 4.67. The Morgan fingerprint density at radius 3 is 2.52 bits per heavy atom. The number of hydrogen-bond acceptors (Lipinski definition) is 4. The maximum atomic E-state index is 10.9. The molecule has 25 heavy (non-hydrogen) atoms. The van der Waals surface area contributed by atoms with Crippen molar-refractivity contribution in [3.63, 3.8) is 0 Å². The molecule has 136 valence electrons. The molecule has 1 aromatic carbocycles. The van der Waals surface area contributed by atoms with Crippen molar-refractivity contribution >= 4 is 0 Å². The molecular formula is C20H30N4O. The van der Waals surface area contributed by atoms with E-state index < -0.39 is 5.60 Å². The summed E-state index contributed by atoms with van der Waals surface area (Å²) in [6, 6.07) is 10.5. The van der Waals surface area contributed by atoms with Crippen LogP contribution in [0.4, 0.5) is 0 Å². The molecule has 1 aliphatic rings. The molecule has 1 N–H and O–H groups in total. The van der Waals surface area contributed by atoms with Gasteiger partial charge in [0.25, 0.3) is 0 Å². The predicted octanol–water partition coefficient (Wildman–Crippen LogP) is 3.30. The minimum Gasteiger partial charge on any atom is -0.389 e. The van der Waals surface area contributed by atoms with Crippen LogP contribution in [0.3, 0.4) is 0 Å². The molecule has 0 atom stereocenters. The third-order valence-corrected chi connectivity index (χ3v) is 5.13. The molecule has 1 fully saturated rings. The van der Waals surface area contributed by atoms with Crippen molar-refractivity contribution in [1.82, 2.24) is 19.7 Å². The van der Waals surface area contributed by atoms with Crippen LogP contribution < -0.4 is 0 Å². The lowest BCUT2D eigenvalue weighted by atomic mass is 10.0. The highest BCUT2D eigenvalue weighted by Crippen LogP contribution is 2.31. The van der Waals surface area contributed by atoms with Gasteiger partial charge in [-0.2, -0.15) is 0 Å². The Morgan fingerprint density at radius 2 is 1.84 bits per heavy atom. The van der Waals surface area contributed by atoms with E-state index in [9.17, 15) is 5.11 Å². The van der Waals surface area contributed by atoms with E-state index in [0.717, 1.165) is 63.4 Å². The van der Waals surface area contributed by atoms with Crippen LogP contribution >= 0.6 is 0 Å². The van der Waals surface area contributed by atoms with E-state index in [4.69, 9.17) is 0 Å². The van der Waals surface area contributed by atoms with Crippen molar-refractivity contribution in [3.05, 3.63) is 47.5 Å². The Bertz CT molecular complexity index is 662. The minimum absolute atomic E-state index is 0.556. The maximum absolute atomic E-state index is 10.9. The largest absolute Gasteiger partial charge is 0.389 e. The standard InChI is InChI=1S/C20H30N4O/c1-3-13-24-17(2)21-22-19(24)15-23(14-18-9-5-4-6-10-18)16-20(25)11-7-8-12-20/h4-6,9-10,25H,3,7-8,11-16H2,1-2H3. The molecule has 3 rings (SSSR count). The first-order valence-electron chi connectivity index (χ1n) is 9.47. The van der Waals surface area contributed by atoms with Crippen LogP contribution in [0.2, 0.25) is 0 Å². The summed E-state index contributed by atoms with van der Waals surface area (Å²) in [7, 11) is 0. The SMILES string of the molecule is CCCn1c(C)nnc1CN(Cc1ccccc1)CC1(O)CCCC1. The molecule has 5 heteroatoms. The van der Waals surface area contributed by atoms with E-state index in [-0.39, 0.29) is 0 Å². The average Bonchev–Trinajstić information content (AvgIpc) is 3.17. The topological polar surface area (TPSA) is 54.2 Å². The zero-order valence-corrected chi connectivity index (χ0v) is 15.5. The van der Waals surface area contributed by atoms with E-state index in [0.29, 0.717) is 6.54 Å². The van der Waals surface area contributed by atoms with Crippen molar-refractivity contribution in [2.24, 2.45) is 0 Å². The fraction of sp³-hybridized carbons (Fsp3) is 0.600. The van der Waals surface area contributed by atoms with Crippen LogP contribution in [0.1, 0.15) is 56.2 Å². The highest BCUT2D eigenvalue weighted by molar-refractivity contribution is 5.14. The van der Waals surface area contributed by atoms with Crippen molar-refractivity contribution < 1.29 is 5.11 Å². The maximum Gasteiger partial charge on any atom is 0.147 e. The fourth-order valence-electron chi connectivity index (χ4n) is 3.87. The number of nitrogens with zero attached hydrogens (tertiary/aromatic N) is 4. The number of aromatic nitrogens is 3. The van der Waals surface area contributed by atoms with Crippen LogP contribution in [-0.2, 0) is 19.6 Å². The van der Waals surface area contributed by atoms with Gasteiger partial charge in [0.1, 0.15) is 11.6 Å². The summed E-state index contributed by atoms with van der Waals surface area (Å²) in [6.45, 7) is 7.36. The minimum atomic E-state index is -0.556. The van der Waals surface area contributed by atoms with Crippen molar-refractivity contribution in [1.29, 1.82) is 0 Å². The van der Waals surface area contributed by atoms with Gasteiger partial charge in [-0.1, -0.05) is 50.1 Å². The monoisotopic (exact) mass is 342 g/mol. The first-order chi connectivity index (χ1) is 12.1. The zero-order chi connectivity index (χ0) is 17.7. The zero-order valence-electron chi connectivity index (χ0n) is 15.5. The third-order valence-electron chi connectivity index (χ3n) is 5.13. The average molecular weight is 342 g/mol. The normalized spacial score (nSPS) is 16.6. The van der Waals surface area contributed by atoms with Gasteiger partial charge in [-0.05, 0) is 31.7 Å².